The molecule has 13 heavy (non-hydrogen) atoms. The van der Waals surface area contributed by atoms with Crippen molar-refractivity contribution >= 4 is 12.9 Å². The third-order valence-corrected chi connectivity index (χ3v) is 1.06. The third-order valence-electron chi connectivity index (χ3n) is 1.06. The highest BCUT2D eigenvalue weighted by Gasteiger charge is 1.58. The van der Waals surface area contributed by atoms with Crippen LogP contribution in [0.3, 0.4) is 0 Å². The van der Waals surface area contributed by atoms with Crippen molar-refractivity contribution in [2.24, 2.45) is 0 Å². The molecule has 0 aliphatic rings. The van der Waals surface area contributed by atoms with Crippen molar-refractivity contribution in [1.29, 1.82) is 0 Å². The second kappa shape index (κ2) is 10.7. The molecule has 0 unspecified atom stereocenters. The molecule has 2 aromatic rings. The molecule has 0 aliphatic carbocycles. The van der Waals surface area contributed by atoms with Crippen LogP contribution >= 0.6 is 12.9 Å². The second-order valence-electron chi connectivity index (χ2n) is 1.91. The van der Waals surface area contributed by atoms with Gasteiger partial charge in [0, 0.05) is 37.7 Å². The van der Waals surface area contributed by atoms with Crippen LogP contribution in [0.4, 0.5) is 0 Å². The van der Waals surface area contributed by atoms with Crippen LogP contribution in [0.15, 0.2) is 55.1 Å². The van der Waals surface area contributed by atoms with Crippen molar-refractivity contribution in [3.05, 3.63) is 55.1 Å². The monoisotopic (exact) mass is 195 g/mol. The van der Waals surface area contributed by atoms with E-state index in [1.54, 1.807) is 12.4 Å². The lowest BCUT2D eigenvalue weighted by molar-refractivity contribution is 0.545. The van der Waals surface area contributed by atoms with Gasteiger partial charge in [-0.15, -0.1) is 0 Å². The van der Waals surface area contributed by atoms with Crippen LogP contribution in [0.1, 0.15) is 0 Å². The summed E-state index contributed by atoms with van der Waals surface area (Å²) in [5, 5.41) is 0. The zero-order chi connectivity index (χ0) is 9.78. The summed E-state index contributed by atoms with van der Waals surface area (Å²) in [6.45, 7) is 0. The van der Waals surface area contributed by atoms with Crippen LogP contribution in [0, 0.1) is 0 Å². The smallest absolute Gasteiger partial charge is 0.0267 e. The number of hydrogen-bond acceptors (Lipinski definition) is 2. The average molecular weight is 195 g/mol. The summed E-state index contributed by atoms with van der Waals surface area (Å²) in [7, 11) is 0. The molecule has 2 aromatic heterocycles. The zero-order valence-electron chi connectivity index (χ0n) is 7.00. The predicted molar refractivity (Wildman–Crippen MR) is 54.7 cm³/mol. The highest BCUT2D eigenvalue weighted by atomic mass is 32.1. The Balaban J connectivity index is 0.000000189. The number of rotatable bonds is 0. The number of pyridine rings is 1. The van der Waals surface area contributed by atoms with Crippen molar-refractivity contribution < 1.29 is 4.55 Å². The van der Waals surface area contributed by atoms with E-state index in [9.17, 15) is 0 Å². The summed E-state index contributed by atoms with van der Waals surface area (Å²) in [5.41, 5.74) is 0. The Morgan fingerprint density at radius 3 is 1.54 bits per heavy atom. The van der Waals surface area contributed by atoms with Crippen LogP contribution in [0.2, 0.25) is 0 Å². The first-order valence-electron chi connectivity index (χ1n) is 3.61. The lowest BCUT2D eigenvalue weighted by atomic mass is 10.5. The summed E-state index contributed by atoms with van der Waals surface area (Å²) < 4.78 is 7.94. The van der Waals surface area contributed by atoms with Crippen molar-refractivity contribution in [3.8, 4) is 0 Å². The number of hydrogen-bond donors (Lipinski definition) is 2. The second-order valence-corrected chi connectivity index (χ2v) is 1.91. The van der Waals surface area contributed by atoms with E-state index in [2.05, 4.69) is 22.9 Å². The largest absolute Gasteiger partial charge is 0.368 e. The average Bonchev–Trinajstić information content (AvgIpc) is 2.82. The summed E-state index contributed by atoms with van der Waals surface area (Å²) in [5.74, 6) is 0. The Bertz CT molecular complexity index is 203. The van der Waals surface area contributed by atoms with E-state index in [-0.39, 0.29) is 0 Å². The molecule has 0 atom stereocenters. The van der Waals surface area contributed by atoms with Gasteiger partial charge in [-0.3, -0.25) is 4.98 Å². The molecule has 0 spiro atoms. The van der Waals surface area contributed by atoms with E-state index in [4.69, 9.17) is 4.55 Å². The summed E-state index contributed by atoms with van der Waals surface area (Å²) in [6, 6.07) is 9.60. The molecule has 1 radical (unpaired) electrons. The molecule has 4 heteroatoms. The fourth-order valence-corrected chi connectivity index (χ4v) is 0.590. The lowest BCUT2D eigenvalue weighted by Crippen LogP contribution is -1.58. The zero-order valence-corrected chi connectivity index (χ0v) is 7.89. The molecule has 0 fully saturated rings. The summed E-state index contributed by atoms with van der Waals surface area (Å²) in [4.78, 5) is 6.65. The minimum atomic E-state index is 1.75. The molecular weight excluding hydrogens is 184 g/mol. The van der Waals surface area contributed by atoms with Crippen molar-refractivity contribution in [1.82, 2.24) is 9.97 Å². The molecule has 0 amide bonds. The highest BCUT2D eigenvalue weighted by Crippen LogP contribution is 1.73. The maximum Gasteiger partial charge on any atom is 0.0267 e. The van der Waals surface area contributed by atoms with E-state index in [0.717, 1.165) is 0 Å². The van der Waals surface area contributed by atoms with Gasteiger partial charge in [0.15, 0.2) is 0 Å². The van der Waals surface area contributed by atoms with Gasteiger partial charge in [0.25, 0.3) is 0 Å². The standard InChI is InChI=1S/C5H5N.C4H5N.HOS/c1-2-4-6-5-3-1;1-2-4-5-3-1;1-2/h1-5H;1-5H;2H. The molecule has 0 saturated carbocycles. The maximum absolute atomic E-state index is 7.94. The van der Waals surface area contributed by atoms with Crippen LogP contribution in [-0.4, -0.2) is 9.97 Å². The van der Waals surface area contributed by atoms with Gasteiger partial charge in [-0.25, -0.2) is 0 Å². The van der Waals surface area contributed by atoms with Gasteiger partial charge in [-0.1, -0.05) is 6.07 Å². The minimum Gasteiger partial charge on any atom is -0.368 e. The SMILES string of the molecule is [O]S.c1cc[nH]c1.c1ccncc1. The van der Waals surface area contributed by atoms with Gasteiger partial charge in [0.2, 0.25) is 0 Å². The Labute approximate surface area is 83.1 Å². The molecule has 3 nitrogen and oxygen atoms in total. The number of H-pyrrole nitrogens is 1. The van der Waals surface area contributed by atoms with Gasteiger partial charge in [0.05, 0.1) is 0 Å². The van der Waals surface area contributed by atoms with Crippen molar-refractivity contribution in [3.63, 3.8) is 0 Å². The summed E-state index contributed by atoms with van der Waals surface area (Å²) in [6.07, 6.45) is 7.25. The number of nitrogens with one attached hydrogen (secondary N) is 1. The summed E-state index contributed by atoms with van der Waals surface area (Å²) >= 11 is 2.28. The third kappa shape index (κ3) is 8.65. The first-order chi connectivity index (χ1) is 6.50. The van der Waals surface area contributed by atoms with Crippen LogP contribution in [0.25, 0.3) is 0 Å². The number of nitrogens with zero attached hydrogens (tertiary/aromatic N) is 1. The van der Waals surface area contributed by atoms with Gasteiger partial charge in [0.1, 0.15) is 0 Å². The maximum atomic E-state index is 7.94. The van der Waals surface area contributed by atoms with Gasteiger partial charge in [-0.2, -0.15) is 4.55 Å². The topological polar surface area (TPSA) is 48.6 Å². The molecule has 0 aliphatic heterocycles. The van der Waals surface area contributed by atoms with Gasteiger partial charge in [-0.05, 0) is 24.3 Å². The first-order valence-corrected chi connectivity index (χ1v) is 3.97. The van der Waals surface area contributed by atoms with E-state index in [0.29, 0.717) is 0 Å². The minimum absolute atomic E-state index is 1.75. The Kier molecular flexibility index (Phi) is 9.70. The molecular formula is C9H11N2OS. The normalized spacial score (nSPS) is 7.23. The van der Waals surface area contributed by atoms with Crippen LogP contribution in [0.5, 0.6) is 0 Å². The Morgan fingerprint density at radius 1 is 0.846 bits per heavy atom. The van der Waals surface area contributed by atoms with E-state index >= 15 is 0 Å². The first kappa shape index (κ1) is 11.7. The van der Waals surface area contributed by atoms with E-state index in [1.807, 2.05) is 42.7 Å². The van der Waals surface area contributed by atoms with Gasteiger partial charge < -0.3 is 4.98 Å². The molecule has 0 saturated heterocycles. The molecule has 69 valence electrons. The van der Waals surface area contributed by atoms with Crippen molar-refractivity contribution in [2.75, 3.05) is 0 Å². The van der Waals surface area contributed by atoms with E-state index in [1.165, 1.54) is 0 Å². The Morgan fingerprint density at radius 2 is 1.38 bits per heavy atom. The van der Waals surface area contributed by atoms with E-state index < -0.39 is 0 Å². The quantitative estimate of drug-likeness (QED) is 0.492. The number of thiol groups is 1. The molecule has 2 rings (SSSR count). The fraction of sp³-hybridized carbons (Fsp3) is 0. The lowest BCUT2D eigenvalue weighted by Gasteiger charge is -1.70. The number of aromatic nitrogens is 2. The molecule has 0 aromatic carbocycles. The number of aromatic amines is 1. The molecule has 2 heterocycles. The molecule has 0 bridgehead atoms. The fourth-order valence-electron chi connectivity index (χ4n) is 0.590. The van der Waals surface area contributed by atoms with Gasteiger partial charge >= 0.3 is 0 Å². The molecule has 1 N–H and O–H groups in total. The van der Waals surface area contributed by atoms with Crippen LogP contribution in [-0.2, 0) is 4.55 Å². The van der Waals surface area contributed by atoms with Crippen LogP contribution < -0.4 is 0 Å². The highest BCUT2D eigenvalue weighted by molar-refractivity contribution is 7.73. The van der Waals surface area contributed by atoms with Crippen molar-refractivity contribution in [2.45, 2.75) is 0 Å². The predicted octanol–water partition coefficient (Wildman–Crippen LogP) is 2.36. The Hall–Kier alpha value is -1.26.